The number of fused-ring (bicyclic) bond motifs is 2. The molecule has 176 valence electrons. The Morgan fingerprint density at radius 2 is 1.00 bits per heavy atom. The molecule has 1 saturated heterocycles. The van der Waals surface area contributed by atoms with E-state index in [2.05, 4.69) is 102 Å². The fraction of sp³-hybridized carbons (Fsp3) is 0.429. The Hall–Kier alpha value is -0.183. The average molecular weight is 593 g/mol. The smallest absolute Gasteiger partial charge is 1.00 e. The van der Waals surface area contributed by atoms with Gasteiger partial charge in [0.15, 0.2) is 0 Å². The van der Waals surface area contributed by atoms with Crippen LogP contribution in [0.4, 0.5) is 0 Å². The predicted octanol–water partition coefficient (Wildman–Crippen LogP) is 1.41. The third kappa shape index (κ3) is 4.33. The molecule has 0 N–H and O–H groups in total. The largest absolute Gasteiger partial charge is 1.00 e. The van der Waals surface area contributed by atoms with Gasteiger partial charge in [-0.25, -0.2) is 0 Å². The number of allylic oxidation sites excluding steroid dienone is 2. The number of rotatable bonds is 4. The van der Waals surface area contributed by atoms with Crippen LogP contribution in [0.2, 0.25) is 47.5 Å². The molecule has 2 aromatic carbocycles. The second-order valence-electron chi connectivity index (χ2n) is 12.5. The van der Waals surface area contributed by atoms with E-state index in [4.69, 9.17) is 0 Å². The molecular formula is C28H38Cl2Si2Zr. The van der Waals surface area contributed by atoms with Crippen LogP contribution in [0.3, 0.4) is 0 Å². The van der Waals surface area contributed by atoms with Crippen LogP contribution in [0.25, 0.3) is 12.2 Å². The summed E-state index contributed by atoms with van der Waals surface area (Å²) in [5.74, 6) is 0. The summed E-state index contributed by atoms with van der Waals surface area (Å²) in [7, 11) is -2.69. The maximum absolute atomic E-state index is 2.61. The molecule has 0 bridgehead atoms. The van der Waals surface area contributed by atoms with Crippen molar-refractivity contribution in [3.63, 3.8) is 0 Å². The van der Waals surface area contributed by atoms with E-state index in [0.29, 0.717) is 0 Å². The zero-order valence-electron chi connectivity index (χ0n) is 21.4. The van der Waals surface area contributed by atoms with Crippen molar-refractivity contribution in [1.82, 2.24) is 0 Å². The van der Waals surface area contributed by atoms with E-state index >= 15 is 0 Å². The summed E-state index contributed by atoms with van der Waals surface area (Å²) in [6.07, 6.45) is 5.22. The molecule has 1 aliphatic heterocycles. The van der Waals surface area contributed by atoms with Gasteiger partial charge in [-0.1, -0.05) is 0 Å². The molecule has 5 heteroatoms. The van der Waals surface area contributed by atoms with Crippen molar-refractivity contribution < 1.29 is 45.1 Å². The van der Waals surface area contributed by atoms with Gasteiger partial charge in [0.1, 0.15) is 0 Å². The van der Waals surface area contributed by atoms with Gasteiger partial charge in [0, 0.05) is 0 Å². The zero-order valence-corrected chi connectivity index (χ0v) is 27.4. The van der Waals surface area contributed by atoms with E-state index in [-0.39, 0.29) is 24.8 Å². The predicted molar refractivity (Wildman–Crippen MR) is 141 cm³/mol. The van der Waals surface area contributed by atoms with Gasteiger partial charge in [-0.15, -0.1) is 0 Å². The second-order valence-corrected chi connectivity index (χ2v) is 33.9. The van der Waals surface area contributed by atoms with Gasteiger partial charge >= 0.3 is 197 Å². The summed E-state index contributed by atoms with van der Waals surface area (Å²) in [6, 6.07) is 14.6. The summed E-state index contributed by atoms with van der Waals surface area (Å²) >= 11 is -2.44. The van der Waals surface area contributed by atoms with Gasteiger partial charge in [0.2, 0.25) is 0 Å². The van der Waals surface area contributed by atoms with Gasteiger partial charge in [0.05, 0.1) is 0 Å². The molecule has 0 spiro atoms. The van der Waals surface area contributed by atoms with E-state index in [1.807, 2.05) is 0 Å². The standard InChI is InChI=1S/2C13H17Si.C2H4.2ClH.Zr/c2*1-10-8-11-6-5-7-13(12(11)9-10)14(2,3)4;1-2;;;/h2*5-9H,1-4H3;1-2H2;2*1H;/q;;;;;+2/p-2. The molecule has 1 fully saturated rings. The minimum Gasteiger partial charge on any atom is -1.00 e. The molecule has 2 aliphatic carbocycles. The van der Waals surface area contributed by atoms with E-state index in [9.17, 15) is 0 Å². The van der Waals surface area contributed by atoms with E-state index in [1.165, 1.54) is 0 Å². The van der Waals surface area contributed by atoms with Crippen LogP contribution in [0, 0.1) is 0 Å². The van der Waals surface area contributed by atoms with Gasteiger partial charge in [0.25, 0.3) is 0 Å². The summed E-state index contributed by atoms with van der Waals surface area (Å²) in [5, 5.41) is 3.35. The minimum absolute atomic E-state index is 0. The number of hydrogen-bond acceptors (Lipinski definition) is 0. The minimum atomic E-state index is -2.44. The van der Waals surface area contributed by atoms with Crippen LogP contribution in [0.15, 0.2) is 47.5 Å². The monoisotopic (exact) mass is 590 g/mol. The van der Waals surface area contributed by atoms with Crippen LogP contribution in [0.1, 0.15) is 43.4 Å². The Morgan fingerprint density at radius 1 is 0.636 bits per heavy atom. The van der Waals surface area contributed by atoms with Crippen LogP contribution < -0.4 is 35.2 Å². The first-order valence-corrected chi connectivity index (χ1v) is 25.4. The molecule has 0 saturated carbocycles. The van der Waals surface area contributed by atoms with E-state index < -0.39 is 36.4 Å². The Bertz CT molecular complexity index is 1060. The molecule has 2 unspecified atom stereocenters. The van der Waals surface area contributed by atoms with Crippen molar-refractivity contribution in [1.29, 1.82) is 0 Å². The average Bonchev–Trinajstić information content (AvgIpc) is 3.23. The van der Waals surface area contributed by atoms with Crippen molar-refractivity contribution in [2.45, 2.75) is 68.6 Å². The molecule has 0 aromatic heterocycles. The topological polar surface area (TPSA) is 0 Å². The normalized spacial score (nSPS) is 21.5. The summed E-state index contributed by atoms with van der Waals surface area (Å²) in [6.45, 7) is 20.0. The Morgan fingerprint density at radius 3 is 1.30 bits per heavy atom. The Labute approximate surface area is 220 Å². The molecule has 0 amide bonds. The number of halogens is 2. The van der Waals surface area contributed by atoms with Crippen LogP contribution >= 0.6 is 0 Å². The Kier molecular flexibility index (Phi) is 7.51. The molecule has 1 heterocycles. The Balaban J connectivity index is 0.00000153. The van der Waals surface area contributed by atoms with Crippen molar-refractivity contribution >= 4 is 38.7 Å². The molecule has 33 heavy (non-hydrogen) atoms. The maximum atomic E-state index is 2.61. The molecular weight excluding hydrogens is 555 g/mol. The molecule has 2 aromatic rings. The third-order valence-electron chi connectivity index (χ3n) is 8.15. The van der Waals surface area contributed by atoms with Gasteiger partial charge in [-0.05, 0) is 0 Å². The first-order valence-electron chi connectivity index (χ1n) is 12.1. The van der Waals surface area contributed by atoms with Gasteiger partial charge in [-0.2, -0.15) is 0 Å². The summed E-state index contributed by atoms with van der Waals surface area (Å²) in [4.78, 5) is 0. The van der Waals surface area contributed by atoms with E-state index in [0.717, 1.165) is 7.25 Å². The van der Waals surface area contributed by atoms with Crippen LogP contribution in [0.5, 0.6) is 0 Å². The maximum Gasteiger partial charge on any atom is -1.00 e. The van der Waals surface area contributed by atoms with Gasteiger partial charge < -0.3 is 24.8 Å². The zero-order chi connectivity index (χ0) is 22.3. The number of hydrogen-bond donors (Lipinski definition) is 0. The van der Waals surface area contributed by atoms with Crippen molar-refractivity contribution in [3.8, 4) is 0 Å². The molecule has 5 rings (SSSR count). The molecule has 3 aliphatic rings. The molecule has 0 radical (unpaired) electrons. The van der Waals surface area contributed by atoms with Crippen LogP contribution in [-0.4, -0.2) is 16.1 Å². The van der Waals surface area contributed by atoms with E-state index in [1.54, 1.807) is 52.0 Å². The fourth-order valence-electron chi connectivity index (χ4n) is 6.83. The van der Waals surface area contributed by atoms with Crippen LogP contribution in [-0.2, 0) is 20.3 Å². The SMILES string of the molecule is CC1=Cc2c(cccc2[Si](C)(C)C)[CH]1[Zr+2]1([CH]2C(C)=Cc3c2cccc3[Si](C)(C)C)[CH2][CH2]1.[Cl-].[Cl-]. The van der Waals surface area contributed by atoms with Gasteiger partial charge in [-0.3, -0.25) is 0 Å². The second kappa shape index (κ2) is 9.04. The fourth-order valence-corrected chi connectivity index (χ4v) is 27.8. The van der Waals surface area contributed by atoms with Crippen molar-refractivity contribution in [2.75, 3.05) is 0 Å². The first-order chi connectivity index (χ1) is 14.4. The first kappa shape index (κ1) is 27.4. The molecule has 0 nitrogen and oxygen atoms in total. The summed E-state index contributed by atoms with van der Waals surface area (Å²) < 4.78 is 4.70. The van der Waals surface area contributed by atoms with Crippen molar-refractivity contribution in [3.05, 3.63) is 69.8 Å². The van der Waals surface area contributed by atoms with Crippen molar-refractivity contribution in [2.24, 2.45) is 0 Å². The third-order valence-corrected chi connectivity index (χ3v) is 25.7. The number of benzene rings is 2. The molecule has 2 atom stereocenters. The quantitative estimate of drug-likeness (QED) is 0.472. The summed E-state index contributed by atoms with van der Waals surface area (Å²) in [5.41, 5.74) is 10.1.